The molecule has 1 aliphatic rings. The van der Waals surface area contributed by atoms with Crippen LogP contribution in [0.3, 0.4) is 0 Å². The molecule has 0 bridgehead atoms. The maximum Gasteiger partial charge on any atom is 0.233 e. The first-order valence-electron chi connectivity index (χ1n) is 7.31. The zero-order valence-electron chi connectivity index (χ0n) is 12.8. The van der Waals surface area contributed by atoms with E-state index >= 15 is 0 Å². The van der Waals surface area contributed by atoms with E-state index in [2.05, 4.69) is 5.32 Å². The van der Waals surface area contributed by atoms with Crippen LogP contribution in [0.1, 0.15) is 12.5 Å². The second kappa shape index (κ2) is 7.55. The van der Waals surface area contributed by atoms with Crippen molar-refractivity contribution in [3.8, 4) is 11.5 Å². The SMILES string of the molecule is CC(Sc1c(Cl)cccc1Cl)C(=O)NCc1ccc2c(c1)OCO2. The Bertz CT molecular complexity index is 749. The van der Waals surface area contributed by atoms with Crippen molar-refractivity contribution >= 4 is 40.9 Å². The highest BCUT2D eigenvalue weighted by Crippen LogP contribution is 2.36. The predicted molar refractivity (Wildman–Crippen MR) is 96.2 cm³/mol. The van der Waals surface area contributed by atoms with Gasteiger partial charge in [-0.3, -0.25) is 4.79 Å². The molecule has 0 saturated carbocycles. The molecule has 2 aromatic carbocycles. The number of hydrogen-bond acceptors (Lipinski definition) is 4. The average Bonchev–Trinajstić information content (AvgIpc) is 3.03. The van der Waals surface area contributed by atoms with Crippen LogP contribution in [-0.4, -0.2) is 18.0 Å². The van der Waals surface area contributed by atoms with Crippen molar-refractivity contribution < 1.29 is 14.3 Å². The fourth-order valence-electron chi connectivity index (χ4n) is 2.21. The van der Waals surface area contributed by atoms with Crippen molar-refractivity contribution in [2.24, 2.45) is 0 Å². The first kappa shape index (κ1) is 17.3. The van der Waals surface area contributed by atoms with Crippen LogP contribution in [0.2, 0.25) is 10.0 Å². The fourth-order valence-corrected chi connectivity index (χ4v) is 3.78. The molecule has 0 fully saturated rings. The summed E-state index contributed by atoms with van der Waals surface area (Å²) >= 11 is 13.6. The quantitative estimate of drug-likeness (QED) is 0.771. The number of carbonyl (C=O) groups excluding carboxylic acids is 1. The second-order valence-electron chi connectivity index (χ2n) is 5.22. The van der Waals surface area contributed by atoms with Crippen molar-refractivity contribution in [3.05, 3.63) is 52.0 Å². The smallest absolute Gasteiger partial charge is 0.233 e. The van der Waals surface area contributed by atoms with E-state index in [0.29, 0.717) is 27.2 Å². The minimum atomic E-state index is -0.323. The van der Waals surface area contributed by atoms with Gasteiger partial charge in [0, 0.05) is 11.4 Å². The van der Waals surface area contributed by atoms with E-state index in [1.807, 2.05) is 25.1 Å². The third kappa shape index (κ3) is 3.91. The molecule has 0 radical (unpaired) electrons. The van der Waals surface area contributed by atoms with E-state index in [0.717, 1.165) is 11.3 Å². The predicted octanol–water partition coefficient (Wildman–Crippen LogP) is 4.52. The van der Waals surface area contributed by atoms with Crippen LogP contribution in [-0.2, 0) is 11.3 Å². The molecule has 1 heterocycles. The molecule has 1 amide bonds. The summed E-state index contributed by atoms with van der Waals surface area (Å²) in [6.45, 7) is 2.47. The third-order valence-electron chi connectivity index (χ3n) is 3.49. The number of carbonyl (C=O) groups is 1. The van der Waals surface area contributed by atoms with Crippen molar-refractivity contribution in [1.29, 1.82) is 0 Å². The number of rotatable bonds is 5. The number of ether oxygens (including phenoxy) is 2. The molecule has 3 rings (SSSR count). The van der Waals surface area contributed by atoms with Crippen LogP contribution >= 0.6 is 35.0 Å². The highest BCUT2D eigenvalue weighted by atomic mass is 35.5. The summed E-state index contributed by atoms with van der Waals surface area (Å²) in [7, 11) is 0. The summed E-state index contributed by atoms with van der Waals surface area (Å²) in [6.07, 6.45) is 0. The Morgan fingerprint density at radius 2 is 1.92 bits per heavy atom. The van der Waals surface area contributed by atoms with Gasteiger partial charge in [0.2, 0.25) is 12.7 Å². The summed E-state index contributed by atoms with van der Waals surface area (Å²) in [4.78, 5) is 13.0. The lowest BCUT2D eigenvalue weighted by Crippen LogP contribution is -2.30. The number of thioether (sulfide) groups is 1. The van der Waals surface area contributed by atoms with Gasteiger partial charge >= 0.3 is 0 Å². The minimum absolute atomic E-state index is 0.0892. The Kier molecular flexibility index (Phi) is 5.43. The zero-order chi connectivity index (χ0) is 17.1. The zero-order valence-corrected chi connectivity index (χ0v) is 15.2. The molecule has 1 atom stereocenters. The van der Waals surface area contributed by atoms with Crippen LogP contribution in [0.4, 0.5) is 0 Å². The highest BCUT2D eigenvalue weighted by molar-refractivity contribution is 8.00. The third-order valence-corrected chi connectivity index (χ3v) is 5.58. The highest BCUT2D eigenvalue weighted by Gasteiger charge is 2.18. The Labute approximate surface area is 154 Å². The lowest BCUT2D eigenvalue weighted by molar-refractivity contribution is -0.120. The molecule has 24 heavy (non-hydrogen) atoms. The van der Waals surface area contributed by atoms with E-state index in [9.17, 15) is 4.79 Å². The monoisotopic (exact) mass is 383 g/mol. The summed E-state index contributed by atoms with van der Waals surface area (Å²) in [5, 5.41) is 3.67. The van der Waals surface area contributed by atoms with E-state index in [-0.39, 0.29) is 18.0 Å². The Hall–Kier alpha value is -1.56. The van der Waals surface area contributed by atoms with E-state index in [1.165, 1.54) is 11.8 Å². The first-order chi connectivity index (χ1) is 11.5. The Morgan fingerprint density at radius 1 is 1.21 bits per heavy atom. The van der Waals surface area contributed by atoms with Gasteiger partial charge in [0.05, 0.1) is 15.3 Å². The molecule has 1 N–H and O–H groups in total. The molecular formula is C17H15Cl2NO3S. The van der Waals surface area contributed by atoms with Crippen LogP contribution < -0.4 is 14.8 Å². The van der Waals surface area contributed by atoms with E-state index in [4.69, 9.17) is 32.7 Å². The Balaban J connectivity index is 1.58. The van der Waals surface area contributed by atoms with Gasteiger partial charge < -0.3 is 14.8 Å². The summed E-state index contributed by atoms with van der Waals surface area (Å²) in [5.41, 5.74) is 0.945. The molecule has 126 valence electrons. The molecule has 0 saturated heterocycles. The molecule has 7 heteroatoms. The van der Waals surface area contributed by atoms with Crippen LogP contribution in [0.5, 0.6) is 11.5 Å². The van der Waals surface area contributed by atoms with Crippen LogP contribution in [0, 0.1) is 0 Å². The number of hydrogen-bond donors (Lipinski definition) is 1. The second-order valence-corrected chi connectivity index (χ2v) is 7.38. The molecule has 1 unspecified atom stereocenters. The largest absolute Gasteiger partial charge is 0.454 e. The average molecular weight is 384 g/mol. The molecule has 1 aliphatic heterocycles. The normalized spacial score (nSPS) is 13.6. The lowest BCUT2D eigenvalue weighted by atomic mass is 10.2. The number of amides is 1. The summed E-state index contributed by atoms with van der Waals surface area (Å²) in [6, 6.07) is 10.9. The van der Waals surface area contributed by atoms with Crippen molar-refractivity contribution in [2.45, 2.75) is 23.6 Å². The van der Waals surface area contributed by atoms with Crippen molar-refractivity contribution in [2.75, 3.05) is 6.79 Å². The van der Waals surface area contributed by atoms with Crippen LogP contribution in [0.25, 0.3) is 0 Å². The number of benzene rings is 2. The first-order valence-corrected chi connectivity index (χ1v) is 8.95. The van der Waals surface area contributed by atoms with Crippen molar-refractivity contribution in [1.82, 2.24) is 5.32 Å². The molecule has 0 spiro atoms. The number of fused-ring (bicyclic) bond motifs is 1. The van der Waals surface area contributed by atoms with E-state index < -0.39 is 0 Å². The molecule has 0 aliphatic carbocycles. The molecule has 0 aromatic heterocycles. The molecular weight excluding hydrogens is 369 g/mol. The van der Waals surface area contributed by atoms with Crippen molar-refractivity contribution in [3.63, 3.8) is 0 Å². The van der Waals surface area contributed by atoms with Gasteiger partial charge in [0.15, 0.2) is 11.5 Å². The summed E-state index contributed by atoms with van der Waals surface area (Å²) < 4.78 is 10.6. The number of halogens is 2. The van der Waals surface area contributed by atoms with Gasteiger partial charge in [0.25, 0.3) is 0 Å². The summed E-state index contributed by atoms with van der Waals surface area (Å²) in [5.74, 6) is 1.34. The molecule has 2 aromatic rings. The van der Waals surface area contributed by atoms with Gasteiger partial charge in [-0.15, -0.1) is 11.8 Å². The van der Waals surface area contributed by atoms with Gasteiger partial charge in [-0.25, -0.2) is 0 Å². The Morgan fingerprint density at radius 3 is 2.67 bits per heavy atom. The fraction of sp³-hybridized carbons (Fsp3) is 0.235. The minimum Gasteiger partial charge on any atom is -0.454 e. The maximum absolute atomic E-state index is 12.3. The van der Waals surface area contributed by atoms with Gasteiger partial charge in [0.1, 0.15) is 0 Å². The lowest BCUT2D eigenvalue weighted by Gasteiger charge is -2.14. The van der Waals surface area contributed by atoms with Crippen LogP contribution in [0.15, 0.2) is 41.3 Å². The number of nitrogens with one attached hydrogen (secondary N) is 1. The maximum atomic E-state index is 12.3. The van der Waals surface area contributed by atoms with E-state index in [1.54, 1.807) is 18.2 Å². The molecule has 4 nitrogen and oxygen atoms in total. The standard InChI is InChI=1S/C17H15Cl2NO3S/c1-10(24-16-12(18)3-2-4-13(16)19)17(21)20-8-11-5-6-14-15(7-11)23-9-22-14/h2-7,10H,8-9H2,1H3,(H,20,21). The van der Waals surface area contributed by atoms with Gasteiger partial charge in [-0.05, 0) is 36.8 Å². The van der Waals surface area contributed by atoms with Gasteiger partial charge in [-0.1, -0.05) is 35.3 Å². The topological polar surface area (TPSA) is 47.6 Å². The van der Waals surface area contributed by atoms with Gasteiger partial charge in [-0.2, -0.15) is 0 Å².